The Morgan fingerprint density at radius 3 is 2.65 bits per heavy atom. The van der Waals surface area contributed by atoms with E-state index >= 15 is 0 Å². The summed E-state index contributed by atoms with van der Waals surface area (Å²) in [7, 11) is 0. The molecule has 1 aliphatic rings. The Morgan fingerprint density at radius 1 is 1.30 bits per heavy atom. The highest BCUT2D eigenvalue weighted by molar-refractivity contribution is 6.30. The lowest BCUT2D eigenvalue weighted by atomic mass is 10.1. The Balaban J connectivity index is 1.81. The first kappa shape index (κ1) is 15.0. The third kappa shape index (κ3) is 3.58. The van der Waals surface area contributed by atoms with Crippen molar-refractivity contribution < 1.29 is 9.59 Å². The van der Waals surface area contributed by atoms with Crippen molar-refractivity contribution in [2.24, 2.45) is 0 Å². The van der Waals surface area contributed by atoms with E-state index in [2.05, 4.69) is 5.32 Å². The van der Waals surface area contributed by atoms with Gasteiger partial charge in [-0.15, -0.1) is 0 Å². The van der Waals surface area contributed by atoms with Gasteiger partial charge in [0.2, 0.25) is 11.8 Å². The molecule has 1 aliphatic heterocycles. The van der Waals surface area contributed by atoms with Gasteiger partial charge in [0.15, 0.2) is 0 Å². The highest BCUT2D eigenvalue weighted by Gasteiger charge is 2.37. The first-order valence-corrected chi connectivity index (χ1v) is 7.31. The van der Waals surface area contributed by atoms with Gasteiger partial charge >= 0.3 is 0 Å². The second-order valence-corrected chi connectivity index (χ2v) is 5.41. The molecule has 1 saturated heterocycles. The van der Waals surface area contributed by atoms with Crippen molar-refractivity contribution in [1.82, 2.24) is 10.2 Å². The maximum absolute atomic E-state index is 12.0. The van der Waals surface area contributed by atoms with Crippen molar-refractivity contribution in [3.05, 3.63) is 34.9 Å². The number of amides is 2. The molecular formula is C15H19ClN2O2. The minimum atomic E-state index is -0.360. The van der Waals surface area contributed by atoms with Crippen molar-refractivity contribution in [3.63, 3.8) is 0 Å². The fraction of sp³-hybridized carbons (Fsp3) is 0.467. The molecule has 4 nitrogen and oxygen atoms in total. The standard InChI is InChI=1S/C15H19ClN2O2/c1-2-9-18-14(19)10-13(15(18)20)17-8-7-11-3-5-12(16)6-4-11/h3-6,13,17H,2,7-10H2,1H3. The predicted molar refractivity (Wildman–Crippen MR) is 78.6 cm³/mol. The summed E-state index contributed by atoms with van der Waals surface area (Å²) >= 11 is 5.83. The highest BCUT2D eigenvalue weighted by atomic mass is 35.5. The van der Waals surface area contributed by atoms with Crippen LogP contribution in [-0.2, 0) is 16.0 Å². The lowest BCUT2D eigenvalue weighted by Crippen LogP contribution is -2.39. The van der Waals surface area contributed by atoms with Crippen LogP contribution in [0.4, 0.5) is 0 Å². The number of hydrogen-bond acceptors (Lipinski definition) is 3. The topological polar surface area (TPSA) is 49.4 Å². The van der Waals surface area contributed by atoms with Crippen LogP contribution in [0.25, 0.3) is 0 Å². The van der Waals surface area contributed by atoms with Crippen LogP contribution in [0, 0.1) is 0 Å². The van der Waals surface area contributed by atoms with Crippen LogP contribution in [0.15, 0.2) is 24.3 Å². The van der Waals surface area contributed by atoms with Gasteiger partial charge in [0, 0.05) is 11.6 Å². The number of nitrogens with zero attached hydrogens (tertiary/aromatic N) is 1. The number of halogens is 1. The molecule has 108 valence electrons. The van der Waals surface area contributed by atoms with Crippen LogP contribution in [-0.4, -0.2) is 35.8 Å². The summed E-state index contributed by atoms with van der Waals surface area (Å²) in [5.74, 6) is -0.159. The van der Waals surface area contributed by atoms with Crippen LogP contribution in [0.3, 0.4) is 0 Å². The van der Waals surface area contributed by atoms with E-state index in [9.17, 15) is 9.59 Å². The van der Waals surface area contributed by atoms with Gasteiger partial charge in [-0.3, -0.25) is 14.5 Å². The van der Waals surface area contributed by atoms with E-state index in [4.69, 9.17) is 11.6 Å². The zero-order chi connectivity index (χ0) is 14.5. The van der Waals surface area contributed by atoms with Crippen molar-refractivity contribution in [1.29, 1.82) is 0 Å². The van der Waals surface area contributed by atoms with Crippen LogP contribution >= 0.6 is 11.6 Å². The smallest absolute Gasteiger partial charge is 0.246 e. The third-order valence-electron chi connectivity index (χ3n) is 3.41. The van der Waals surface area contributed by atoms with Crippen molar-refractivity contribution in [2.75, 3.05) is 13.1 Å². The average molecular weight is 295 g/mol. The molecule has 0 bridgehead atoms. The van der Waals surface area contributed by atoms with Crippen LogP contribution < -0.4 is 5.32 Å². The number of rotatable bonds is 6. The quantitative estimate of drug-likeness (QED) is 0.817. The van der Waals surface area contributed by atoms with E-state index in [-0.39, 0.29) is 24.3 Å². The molecule has 1 heterocycles. The Labute approximate surface area is 124 Å². The van der Waals surface area contributed by atoms with E-state index in [1.165, 1.54) is 4.90 Å². The van der Waals surface area contributed by atoms with Crippen molar-refractivity contribution >= 4 is 23.4 Å². The van der Waals surface area contributed by atoms with Crippen molar-refractivity contribution in [3.8, 4) is 0 Å². The molecule has 0 aromatic heterocycles. The minimum Gasteiger partial charge on any atom is -0.305 e. The zero-order valence-electron chi connectivity index (χ0n) is 11.6. The summed E-state index contributed by atoms with van der Waals surface area (Å²) in [6, 6.07) is 7.28. The summed E-state index contributed by atoms with van der Waals surface area (Å²) in [6.45, 7) is 3.15. The fourth-order valence-corrected chi connectivity index (χ4v) is 2.47. The molecule has 1 unspecified atom stereocenters. The minimum absolute atomic E-state index is 0.0687. The molecule has 5 heteroatoms. The lowest BCUT2D eigenvalue weighted by Gasteiger charge is -2.14. The lowest BCUT2D eigenvalue weighted by molar-refractivity contribution is -0.138. The Hall–Kier alpha value is -1.39. The number of likely N-dealkylation sites (tertiary alicyclic amines) is 1. The van der Waals surface area contributed by atoms with Gasteiger partial charge in [-0.2, -0.15) is 0 Å². The average Bonchev–Trinajstić information content (AvgIpc) is 2.69. The van der Waals surface area contributed by atoms with Gasteiger partial charge in [0.25, 0.3) is 0 Å². The predicted octanol–water partition coefficient (Wildman–Crippen LogP) is 2.01. The number of hydrogen-bond donors (Lipinski definition) is 1. The SMILES string of the molecule is CCCN1C(=O)CC(NCCc2ccc(Cl)cc2)C1=O. The number of imide groups is 1. The fourth-order valence-electron chi connectivity index (χ4n) is 2.34. The number of carbonyl (C=O) groups excluding carboxylic acids is 2. The zero-order valence-corrected chi connectivity index (χ0v) is 12.3. The third-order valence-corrected chi connectivity index (χ3v) is 3.66. The molecule has 1 N–H and O–H groups in total. The molecule has 1 aromatic rings. The molecule has 0 spiro atoms. The van der Waals surface area contributed by atoms with Gasteiger partial charge in [0.1, 0.15) is 0 Å². The monoisotopic (exact) mass is 294 g/mol. The summed E-state index contributed by atoms with van der Waals surface area (Å²) in [4.78, 5) is 25.1. The maximum Gasteiger partial charge on any atom is 0.246 e. The maximum atomic E-state index is 12.0. The van der Waals surface area contributed by atoms with Gasteiger partial charge in [0.05, 0.1) is 12.5 Å². The summed E-state index contributed by atoms with van der Waals surface area (Å²) in [5.41, 5.74) is 1.16. The Morgan fingerprint density at radius 2 is 2.00 bits per heavy atom. The number of carbonyl (C=O) groups is 2. The largest absolute Gasteiger partial charge is 0.305 e. The normalized spacial score (nSPS) is 18.9. The second-order valence-electron chi connectivity index (χ2n) is 4.97. The molecule has 20 heavy (non-hydrogen) atoms. The molecule has 1 atom stereocenters. The van der Waals surface area contributed by atoms with Gasteiger partial charge < -0.3 is 5.32 Å². The van der Waals surface area contributed by atoms with E-state index in [1.54, 1.807) is 0 Å². The van der Waals surface area contributed by atoms with E-state index in [0.717, 1.165) is 18.4 Å². The highest BCUT2D eigenvalue weighted by Crippen LogP contribution is 2.14. The summed E-state index contributed by atoms with van der Waals surface area (Å²) in [6.07, 6.45) is 1.89. The molecule has 2 amide bonds. The van der Waals surface area contributed by atoms with Crippen molar-refractivity contribution in [2.45, 2.75) is 32.2 Å². The number of nitrogens with one attached hydrogen (secondary N) is 1. The first-order chi connectivity index (χ1) is 9.61. The van der Waals surface area contributed by atoms with E-state index < -0.39 is 0 Å². The molecule has 2 rings (SSSR count). The Kier molecular flexibility index (Phi) is 5.15. The van der Waals surface area contributed by atoms with Gasteiger partial charge in [-0.1, -0.05) is 30.7 Å². The first-order valence-electron chi connectivity index (χ1n) is 6.94. The Bertz CT molecular complexity index is 487. The van der Waals surface area contributed by atoms with Crippen LogP contribution in [0.2, 0.25) is 5.02 Å². The van der Waals surface area contributed by atoms with Crippen LogP contribution in [0.5, 0.6) is 0 Å². The molecule has 0 radical (unpaired) electrons. The molecular weight excluding hydrogens is 276 g/mol. The molecule has 1 aromatic carbocycles. The second kappa shape index (κ2) is 6.86. The van der Waals surface area contributed by atoms with Gasteiger partial charge in [-0.05, 0) is 37.1 Å². The summed E-state index contributed by atoms with van der Waals surface area (Å²) < 4.78 is 0. The van der Waals surface area contributed by atoms with Gasteiger partial charge in [-0.25, -0.2) is 0 Å². The van der Waals surface area contributed by atoms with Crippen LogP contribution in [0.1, 0.15) is 25.3 Å². The number of benzene rings is 1. The molecule has 0 saturated carbocycles. The van der Waals surface area contributed by atoms with E-state index in [0.29, 0.717) is 18.1 Å². The summed E-state index contributed by atoms with van der Waals surface area (Å²) in [5, 5.41) is 3.88. The molecule has 1 fully saturated rings. The van der Waals surface area contributed by atoms with E-state index in [1.807, 2.05) is 31.2 Å². The molecule has 0 aliphatic carbocycles.